The van der Waals surface area contributed by atoms with E-state index in [1.165, 1.54) is 0 Å². The van der Waals surface area contributed by atoms with Gasteiger partial charge in [-0.25, -0.2) is 4.68 Å². The standard InChI is InChI=1S/C20H23N3O2S/c1-13(2)14(3)21-20(24)18-12-17(19-6-5-11-26-19)22-23(18)15-7-9-16(25-4)10-8-15/h5-14H,1-4H3,(H,21,24)/t14-/m0/s1. The van der Waals surface area contributed by atoms with Crippen molar-refractivity contribution >= 4 is 17.2 Å². The van der Waals surface area contributed by atoms with E-state index in [0.29, 0.717) is 11.6 Å². The van der Waals surface area contributed by atoms with E-state index in [9.17, 15) is 4.79 Å². The van der Waals surface area contributed by atoms with Crippen molar-refractivity contribution in [2.24, 2.45) is 5.92 Å². The zero-order valence-corrected chi connectivity index (χ0v) is 16.2. The van der Waals surface area contributed by atoms with Crippen LogP contribution in [0.25, 0.3) is 16.3 Å². The van der Waals surface area contributed by atoms with Crippen LogP contribution in [-0.2, 0) is 0 Å². The van der Waals surface area contributed by atoms with Crippen LogP contribution in [0.5, 0.6) is 5.75 Å². The predicted octanol–water partition coefficient (Wildman–Crippen LogP) is 4.38. The Morgan fingerprint density at radius 1 is 1.19 bits per heavy atom. The molecule has 1 atom stereocenters. The van der Waals surface area contributed by atoms with Gasteiger partial charge in [0.25, 0.3) is 5.91 Å². The summed E-state index contributed by atoms with van der Waals surface area (Å²) in [5.74, 6) is 0.990. The van der Waals surface area contributed by atoms with Crippen LogP contribution >= 0.6 is 11.3 Å². The summed E-state index contributed by atoms with van der Waals surface area (Å²) >= 11 is 1.60. The number of hydrogen-bond donors (Lipinski definition) is 1. The molecule has 0 bridgehead atoms. The molecule has 2 heterocycles. The quantitative estimate of drug-likeness (QED) is 0.701. The van der Waals surface area contributed by atoms with Gasteiger partial charge in [0.15, 0.2) is 0 Å². The summed E-state index contributed by atoms with van der Waals surface area (Å²) < 4.78 is 6.91. The largest absolute Gasteiger partial charge is 0.497 e. The van der Waals surface area contributed by atoms with E-state index >= 15 is 0 Å². The Morgan fingerprint density at radius 3 is 2.50 bits per heavy atom. The molecule has 0 fully saturated rings. The van der Waals surface area contributed by atoms with Crippen LogP contribution in [0.2, 0.25) is 0 Å². The van der Waals surface area contributed by atoms with E-state index in [1.54, 1.807) is 23.1 Å². The van der Waals surface area contributed by atoms with Crippen molar-refractivity contribution in [3.8, 4) is 22.0 Å². The Hall–Kier alpha value is -2.60. The van der Waals surface area contributed by atoms with E-state index in [-0.39, 0.29) is 11.9 Å². The molecule has 0 spiro atoms. The summed E-state index contributed by atoms with van der Waals surface area (Å²) in [6.07, 6.45) is 0. The van der Waals surface area contributed by atoms with Crippen LogP contribution in [0.4, 0.5) is 0 Å². The predicted molar refractivity (Wildman–Crippen MR) is 105 cm³/mol. The fourth-order valence-electron chi connectivity index (χ4n) is 2.46. The zero-order valence-electron chi connectivity index (χ0n) is 15.4. The summed E-state index contributed by atoms with van der Waals surface area (Å²) in [7, 11) is 1.63. The van der Waals surface area contributed by atoms with Gasteiger partial charge in [0.1, 0.15) is 17.1 Å². The number of benzene rings is 1. The number of thiophene rings is 1. The minimum Gasteiger partial charge on any atom is -0.497 e. The van der Waals surface area contributed by atoms with E-state index in [2.05, 4.69) is 24.3 Å². The summed E-state index contributed by atoms with van der Waals surface area (Å²) in [6.45, 7) is 6.18. The van der Waals surface area contributed by atoms with Gasteiger partial charge in [-0.15, -0.1) is 11.3 Å². The Balaban J connectivity index is 2.01. The fraction of sp³-hybridized carbons (Fsp3) is 0.300. The summed E-state index contributed by atoms with van der Waals surface area (Å²) in [4.78, 5) is 13.9. The molecule has 1 N–H and O–H groups in total. The number of aromatic nitrogens is 2. The molecule has 0 radical (unpaired) electrons. The molecule has 26 heavy (non-hydrogen) atoms. The van der Waals surface area contributed by atoms with Crippen molar-refractivity contribution in [2.45, 2.75) is 26.8 Å². The first-order chi connectivity index (χ1) is 12.5. The number of methoxy groups -OCH3 is 1. The Morgan fingerprint density at radius 2 is 1.92 bits per heavy atom. The molecule has 3 aromatic rings. The summed E-state index contributed by atoms with van der Waals surface area (Å²) in [5.41, 5.74) is 2.13. The lowest BCUT2D eigenvalue weighted by atomic mass is 10.1. The number of carbonyl (C=O) groups excluding carboxylic acids is 1. The maximum absolute atomic E-state index is 12.9. The molecule has 0 aliphatic carbocycles. The molecule has 2 aromatic heterocycles. The van der Waals surface area contributed by atoms with Gasteiger partial charge in [-0.1, -0.05) is 19.9 Å². The SMILES string of the molecule is COc1ccc(-n2nc(-c3cccs3)cc2C(=O)N[C@@H](C)C(C)C)cc1. The number of amides is 1. The normalized spacial score (nSPS) is 12.2. The van der Waals surface area contributed by atoms with Gasteiger partial charge in [0.2, 0.25) is 0 Å². The molecule has 0 aliphatic heterocycles. The lowest BCUT2D eigenvalue weighted by Crippen LogP contribution is -2.37. The zero-order chi connectivity index (χ0) is 18.7. The molecule has 136 valence electrons. The van der Waals surface area contributed by atoms with Crippen LogP contribution in [0.3, 0.4) is 0 Å². The van der Waals surface area contributed by atoms with Gasteiger partial charge in [0, 0.05) is 6.04 Å². The molecule has 3 rings (SSSR count). The van der Waals surface area contributed by atoms with Gasteiger partial charge < -0.3 is 10.1 Å². The third kappa shape index (κ3) is 3.80. The number of rotatable bonds is 6. The third-order valence-electron chi connectivity index (χ3n) is 4.39. The molecule has 0 aliphatic rings. The topological polar surface area (TPSA) is 56.2 Å². The molecule has 0 saturated heterocycles. The molecule has 0 saturated carbocycles. The minimum atomic E-state index is -0.127. The number of nitrogens with zero attached hydrogens (tertiary/aromatic N) is 2. The van der Waals surface area contributed by atoms with Crippen LogP contribution in [0.15, 0.2) is 47.8 Å². The highest BCUT2D eigenvalue weighted by Crippen LogP contribution is 2.26. The number of nitrogens with one attached hydrogen (secondary N) is 1. The first-order valence-corrected chi connectivity index (χ1v) is 9.46. The Kier molecular flexibility index (Phi) is 5.42. The van der Waals surface area contributed by atoms with Crippen molar-refractivity contribution in [1.82, 2.24) is 15.1 Å². The molecular formula is C20H23N3O2S. The highest BCUT2D eigenvalue weighted by Gasteiger charge is 2.20. The second-order valence-corrected chi connectivity index (χ2v) is 7.46. The van der Waals surface area contributed by atoms with Crippen LogP contribution < -0.4 is 10.1 Å². The highest BCUT2D eigenvalue weighted by molar-refractivity contribution is 7.13. The van der Waals surface area contributed by atoms with Gasteiger partial charge in [-0.3, -0.25) is 4.79 Å². The van der Waals surface area contributed by atoms with Crippen LogP contribution in [-0.4, -0.2) is 28.8 Å². The van der Waals surface area contributed by atoms with Crippen molar-refractivity contribution < 1.29 is 9.53 Å². The van der Waals surface area contributed by atoms with E-state index < -0.39 is 0 Å². The van der Waals surface area contributed by atoms with E-state index in [4.69, 9.17) is 4.74 Å². The van der Waals surface area contributed by atoms with E-state index in [1.807, 2.05) is 54.8 Å². The van der Waals surface area contributed by atoms with Crippen LogP contribution in [0.1, 0.15) is 31.3 Å². The molecular weight excluding hydrogens is 346 g/mol. The number of carbonyl (C=O) groups is 1. The van der Waals surface area contributed by atoms with Crippen molar-refractivity contribution in [1.29, 1.82) is 0 Å². The molecule has 1 amide bonds. The fourth-order valence-corrected chi connectivity index (χ4v) is 3.14. The second-order valence-electron chi connectivity index (χ2n) is 6.51. The Bertz CT molecular complexity index is 867. The van der Waals surface area contributed by atoms with Crippen molar-refractivity contribution in [3.05, 3.63) is 53.5 Å². The highest BCUT2D eigenvalue weighted by atomic mass is 32.1. The van der Waals surface area contributed by atoms with Gasteiger partial charge >= 0.3 is 0 Å². The smallest absolute Gasteiger partial charge is 0.270 e. The van der Waals surface area contributed by atoms with Gasteiger partial charge in [0.05, 0.1) is 17.7 Å². The first kappa shape index (κ1) is 18.2. The monoisotopic (exact) mass is 369 g/mol. The number of ether oxygens (including phenoxy) is 1. The maximum Gasteiger partial charge on any atom is 0.270 e. The van der Waals surface area contributed by atoms with E-state index in [0.717, 1.165) is 22.0 Å². The molecule has 5 nitrogen and oxygen atoms in total. The number of hydrogen-bond acceptors (Lipinski definition) is 4. The lowest BCUT2D eigenvalue weighted by molar-refractivity contribution is 0.0922. The first-order valence-electron chi connectivity index (χ1n) is 8.59. The van der Waals surface area contributed by atoms with Crippen molar-refractivity contribution in [2.75, 3.05) is 7.11 Å². The molecule has 1 aromatic carbocycles. The molecule has 6 heteroatoms. The van der Waals surface area contributed by atoms with Gasteiger partial charge in [-0.2, -0.15) is 5.10 Å². The van der Waals surface area contributed by atoms with Gasteiger partial charge in [-0.05, 0) is 54.6 Å². The maximum atomic E-state index is 12.9. The van der Waals surface area contributed by atoms with Crippen LogP contribution in [0, 0.1) is 5.92 Å². The third-order valence-corrected chi connectivity index (χ3v) is 5.28. The second kappa shape index (κ2) is 7.74. The lowest BCUT2D eigenvalue weighted by Gasteiger charge is -2.17. The summed E-state index contributed by atoms with van der Waals surface area (Å²) in [5, 5.41) is 9.75. The summed E-state index contributed by atoms with van der Waals surface area (Å²) in [6, 6.07) is 13.4. The van der Waals surface area contributed by atoms with Crippen molar-refractivity contribution in [3.63, 3.8) is 0 Å². The minimum absolute atomic E-state index is 0.0758. The average molecular weight is 369 g/mol. The Labute approximate surface area is 157 Å². The molecule has 0 unspecified atom stereocenters. The average Bonchev–Trinajstić information content (AvgIpc) is 3.31.